The van der Waals surface area contributed by atoms with Crippen LogP contribution in [0.1, 0.15) is 29.1 Å². The monoisotopic (exact) mass is 383 g/mol. The zero-order valence-corrected chi connectivity index (χ0v) is 15.5. The summed E-state index contributed by atoms with van der Waals surface area (Å²) in [4.78, 5) is 28.5. The van der Waals surface area contributed by atoms with Crippen molar-refractivity contribution in [1.29, 1.82) is 0 Å². The van der Waals surface area contributed by atoms with E-state index < -0.39 is 0 Å². The van der Waals surface area contributed by atoms with Crippen LogP contribution in [0.5, 0.6) is 0 Å². The molecule has 0 aliphatic rings. The Morgan fingerprint density at radius 1 is 1.10 bits per heavy atom. The predicted molar refractivity (Wildman–Crippen MR) is 109 cm³/mol. The van der Waals surface area contributed by atoms with E-state index in [-0.39, 0.29) is 17.8 Å². The molecule has 1 amide bonds. The van der Waals surface area contributed by atoms with Gasteiger partial charge in [0.15, 0.2) is 5.82 Å². The van der Waals surface area contributed by atoms with Crippen LogP contribution in [0.25, 0.3) is 33.3 Å². The molecular formula is C21H17N7O. The van der Waals surface area contributed by atoms with Crippen LogP contribution in [-0.2, 0) is 0 Å². The van der Waals surface area contributed by atoms with Crippen molar-refractivity contribution in [1.82, 2.24) is 35.5 Å². The fourth-order valence-corrected chi connectivity index (χ4v) is 3.35. The summed E-state index contributed by atoms with van der Waals surface area (Å²) in [6.07, 6.45) is 3.16. The largest absolute Gasteiger partial charge is 0.343 e. The number of benzene rings is 2. The van der Waals surface area contributed by atoms with Gasteiger partial charge < -0.3 is 10.3 Å². The van der Waals surface area contributed by atoms with Gasteiger partial charge in [-0.2, -0.15) is 5.10 Å². The second-order valence-corrected chi connectivity index (χ2v) is 6.77. The third-order valence-electron chi connectivity index (χ3n) is 4.85. The van der Waals surface area contributed by atoms with Gasteiger partial charge in [-0.1, -0.05) is 30.3 Å². The number of aromatic amines is 2. The highest BCUT2D eigenvalue weighted by Gasteiger charge is 2.17. The van der Waals surface area contributed by atoms with Gasteiger partial charge in [-0.3, -0.25) is 9.89 Å². The SMILES string of the molecule is CC(NC(=O)c1nc2cc3c(-c4ccncn4)n[nH]c3cc2[nH]1)c1ccccc1. The lowest BCUT2D eigenvalue weighted by Gasteiger charge is -2.12. The van der Waals surface area contributed by atoms with Gasteiger partial charge in [0.05, 0.1) is 28.3 Å². The third kappa shape index (κ3) is 3.10. The number of imidazole rings is 1. The molecule has 0 aliphatic heterocycles. The van der Waals surface area contributed by atoms with Crippen LogP contribution in [0.2, 0.25) is 0 Å². The molecule has 3 aromatic heterocycles. The lowest BCUT2D eigenvalue weighted by Crippen LogP contribution is -2.27. The molecule has 3 N–H and O–H groups in total. The van der Waals surface area contributed by atoms with Gasteiger partial charge in [-0.15, -0.1) is 0 Å². The number of carbonyl (C=O) groups is 1. The average Bonchev–Trinajstić information content (AvgIpc) is 3.36. The van der Waals surface area contributed by atoms with Crippen molar-refractivity contribution in [3.8, 4) is 11.4 Å². The second kappa shape index (κ2) is 6.83. The summed E-state index contributed by atoms with van der Waals surface area (Å²) in [7, 11) is 0. The van der Waals surface area contributed by atoms with Crippen LogP contribution < -0.4 is 5.32 Å². The Balaban J connectivity index is 1.48. The van der Waals surface area contributed by atoms with E-state index in [9.17, 15) is 4.79 Å². The van der Waals surface area contributed by atoms with Gasteiger partial charge in [-0.05, 0) is 30.7 Å². The Morgan fingerprint density at radius 2 is 1.97 bits per heavy atom. The molecule has 0 radical (unpaired) electrons. The van der Waals surface area contributed by atoms with E-state index in [1.807, 2.05) is 49.4 Å². The number of nitrogens with one attached hydrogen (secondary N) is 3. The maximum Gasteiger partial charge on any atom is 0.287 e. The van der Waals surface area contributed by atoms with Crippen molar-refractivity contribution >= 4 is 27.8 Å². The molecule has 0 bridgehead atoms. The van der Waals surface area contributed by atoms with E-state index in [2.05, 4.69) is 35.5 Å². The molecule has 0 aliphatic carbocycles. The molecule has 2 aromatic carbocycles. The van der Waals surface area contributed by atoms with Crippen molar-refractivity contribution in [3.05, 3.63) is 72.4 Å². The minimum Gasteiger partial charge on any atom is -0.343 e. The van der Waals surface area contributed by atoms with E-state index in [1.54, 1.807) is 12.3 Å². The van der Waals surface area contributed by atoms with Crippen molar-refractivity contribution in [2.45, 2.75) is 13.0 Å². The van der Waals surface area contributed by atoms with Crippen LogP contribution >= 0.6 is 0 Å². The summed E-state index contributed by atoms with van der Waals surface area (Å²) in [6, 6.07) is 15.3. The minimum absolute atomic E-state index is 0.125. The van der Waals surface area contributed by atoms with Gasteiger partial charge >= 0.3 is 0 Å². The van der Waals surface area contributed by atoms with E-state index in [4.69, 9.17) is 0 Å². The van der Waals surface area contributed by atoms with Crippen LogP contribution in [-0.4, -0.2) is 36.0 Å². The lowest BCUT2D eigenvalue weighted by molar-refractivity contribution is 0.0930. The number of carbonyl (C=O) groups excluding carboxylic acids is 1. The van der Waals surface area contributed by atoms with Gasteiger partial charge in [-0.25, -0.2) is 15.0 Å². The first-order chi connectivity index (χ1) is 14.2. The predicted octanol–water partition coefficient (Wildman–Crippen LogP) is 3.39. The Bertz CT molecular complexity index is 1310. The molecule has 1 atom stereocenters. The zero-order chi connectivity index (χ0) is 19.8. The summed E-state index contributed by atoms with van der Waals surface area (Å²) in [5, 5.41) is 11.2. The molecule has 8 nitrogen and oxygen atoms in total. The first-order valence-corrected chi connectivity index (χ1v) is 9.19. The lowest BCUT2D eigenvalue weighted by atomic mass is 10.1. The van der Waals surface area contributed by atoms with Crippen molar-refractivity contribution in [3.63, 3.8) is 0 Å². The highest BCUT2D eigenvalue weighted by molar-refractivity contribution is 6.02. The minimum atomic E-state index is -0.254. The topological polar surface area (TPSA) is 112 Å². The summed E-state index contributed by atoms with van der Waals surface area (Å²) in [5.74, 6) is 0.0161. The molecule has 8 heteroatoms. The van der Waals surface area contributed by atoms with Gasteiger partial charge in [0.2, 0.25) is 0 Å². The number of rotatable bonds is 4. The normalized spacial score (nSPS) is 12.3. The van der Waals surface area contributed by atoms with E-state index in [0.29, 0.717) is 5.52 Å². The summed E-state index contributed by atoms with van der Waals surface area (Å²) in [5.41, 5.74) is 4.75. The van der Waals surface area contributed by atoms with Crippen LogP contribution in [0.4, 0.5) is 0 Å². The summed E-state index contributed by atoms with van der Waals surface area (Å²) < 4.78 is 0. The third-order valence-corrected chi connectivity index (χ3v) is 4.85. The molecule has 0 saturated carbocycles. The Kier molecular flexibility index (Phi) is 4.02. The maximum atomic E-state index is 12.7. The molecule has 0 saturated heterocycles. The quantitative estimate of drug-likeness (QED) is 0.440. The van der Waals surface area contributed by atoms with Gasteiger partial charge in [0.1, 0.15) is 12.0 Å². The molecule has 3 heterocycles. The second-order valence-electron chi connectivity index (χ2n) is 6.77. The number of nitrogens with zero attached hydrogens (tertiary/aromatic N) is 4. The van der Waals surface area contributed by atoms with E-state index >= 15 is 0 Å². The molecule has 0 fully saturated rings. The fraction of sp³-hybridized carbons (Fsp3) is 0.0952. The first-order valence-electron chi connectivity index (χ1n) is 9.19. The van der Waals surface area contributed by atoms with E-state index in [1.165, 1.54) is 6.33 Å². The number of hydrogen-bond acceptors (Lipinski definition) is 5. The molecule has 0 spiro atoms. The highest BCUT2D eigenvalue weighted by atomic mass is 16.2. The summed E-state index contributed by atoms with van der Waals surface area (Å²) >= 11 is 0. The number of hydrogen-bond donors (Lipinski definition) is 3. The fourth-order valence-electron chi connectivity index (χ4n) is 3.35. The molecule has 142 valence electrons. The number of fused-ring (bicyclic) bond motifs is 2. The maximum absolute atomic E-state index is 12.7. The molecular weight excluding hydrogens is 366 g/mol. The average molecular weight is 383 g/mol. The van der Waals surface area contributed by atoms with Gasteiger partial charge in [0.25, 0.3) is 5.91 Å². The highest BCUT2D eigenvalue weighted by Crippen LogP contribution is 2.28. The van der Waals surface area contributed by atoms with Crippen molar-refractivity contribution in [2.24, 2.45) is 0 Å². The van der Waals surface area contributed by atoms with Gasteiger partial charge in [0, 0.05) is 11.6 Å². The molecule has 29 heavy (non-hydrogen) atoms. The van der Waals surface area contributed by atoms with Crippen LogP contribution in [0.15, 0.2) is 61.1 Å². The number of aromatic nitrogens is 6. The smallest absolute Gasteiger partial charge is 0.287 e. The number of H-pyrrole nitrogens is 2. The molecule has 5 aromatic rings. The first kappa shape index (κ1) is 17.1. The zero-order valence-electron chi connectivity index (χ0n) is 15.5. The van der Waals surface area contributed by atoms with Crippen molar-refractivity contribution in [2.75, 3.05) is 0 Å². The molecule has 1 unspecified atom stereocenters. The summed E-state index contributed by atoms with van der Waals surface area (Å²) in [6.45, 7) is 1.94. The van der Waals surface area contributed by atoms with Crippen LogP contribution in [0, 0.1) is 0 Å². The van der Waals surface area contributed by atoms with Crippen LogP contribution in [0.3, 0.4) is 0 Å². The molecule has 5 rings (SSSR count). The Hall–Kier alpha value is -4.07. The van der Waals surface area contributed by atoms with E-state index in [0.717, 1.165) is 33.4 Å². The van der Waals surface area contributed by atoms with Crippen molar-refractivity contribution < 1.29 is 4.79 Å². The number of amides is 1. The standard InChI is InChI=1S/C21H17N7O/c1-12(13-5-3-2-4-6-13)24-21(29)20-25-17-9-14-16(10-18(17)26-20)27-28-19(14)15-7-8-22-11-23-15/h2-12H,1H3,(H,24,29)(H,25,26)(H,27,28). The Morgan fingerprint density at radius 3 is 2.76 bits per heavy atom. The Labute approximate surface area is 165 Å².